The SMILES string of the molecule is C.CC1CCCC(C)C(c2ccccc2)CC(c2ccccc2)C1.[3H][I-](OC(C)=O)(OC(C)=O)OC(C)=O. The standard InChI is InChI=1S/C23H30.C6H10IO6.CH4/c1-18-10-9-11-19(2)23(21-14-7-4-8-15-21)17-22(16-18)20-12-5-3-6-13-20;1-4(8)11-7(12-5(2)9)13-6(3)10;/h3-8,12-15,18-19,22-23H,9-11,16-17H2,1-2H3;7H,1-3H3;1H4/q;-1;/i;7T;. The van der Waals surface area contributed by atoms with Crippen LogP contribution in [0.4, 0.5) is 0 Å². The maximum absolute atomic E-state index is 10.5. The minimum atomic E-state index is -4.68. The maximum atomic E-state index is 10.5. The Morgan fingerprint density at radius 1 is 0.757 bits per heavy atom. The summed E-state index contributed by atoms with van der Waals surface area (Å²) in [7, 11) is 0. The van der Waals surface area contributed by atoms with E-state index in [9.17, 15) is 14.4 Å². The molecule has 0 amide bonds. The van der Waals surface area contributed by atoms with Crippen molar-refractivity contribution in [3.8, 4) is 0 Å². The van der Waals surface area contributed by atoms with Crippen LogP contribution < -0.4 is 20.9 Å². The van der Waals surface area contributed by atoms with Crippen LogP contribution in [0.1, 0.15) is 97.1 Å². The second kappa shape index (κ2) is 17.2. The first-order valence-electron chi connectivity index (χ1n) is 12.9. The normalized spacial score (nSPS) is 22.6. The van der Waals surface area contributed by atoms with Gasteiger partial charge in [0.1, 0.15) is 0 Å². The van der Waals surface area contributed by atoms with Crippen molar-refractivity contribution >= 4 is 17.9 Å². The average Bonchev–Trinajstić information content (AvgIpc) is 2.88. The van der Waals surface area contributed by atoms with E-state index in [1.54, 1.807) is 0 Å². The Morgan fingerprint density at radius 2 is 1.22 bits per heavy atom. The summed E-state index contributed by atoms with van der Waals surface area (Å²) in [6, 6.07) is 22.4. The summed E-state index contributed by atoms with van der Waals surface area (Å²) < 4.78 is 20.5. The van der Waals surface area contributed by atoms with Crippen LogP contribution in [-0.4, -0.2) is 18.5 Å². The monoisotopic (exact) mass is 629 g/mol. The molecule has 1 fully saturated rings. The van der Waals surface area contributed by atoms with E-state index in [2.05, 4.69) is 83.7 Å². The van der Waals surface area contributed by atoms with Crippen LogP contribution in [0.15, 0.2) is 60.7 Å². The Labute approximate surface area is 232 Å². The van der Waals surface area contributed by atoms with Gasteiger partial charge in [0, 0.05) is 0 Å². The molecule has 1 aliphatic rings. The molecule has 0 bridgehead atoms. The molecule has 2 aromatic rings. The number of halogens is 1. The first-order chi connectivity index (χ1) is 17.5. The van der Waals surface area contributed by atoms with Gasteiger partial charge in [-0.25, -0.2) is 0 Å². The Morgan fingerprint density at radius 3 is 1.68 bits per heavy atom. The number of hydrogen-bond donors (Lipinski definition) is 0. The number of carbonyl (C=O) groups is 3. The predicted molar refractivity (Wildman–Crippen MR) is 143 cm³/mol. The van der Waals surface area contributed by atoms with Gasteiger partial charge in [-0.1, -0.05) is 101 Å². The van der Waals surface area contributed by atoms with Crippen molar-refractivity contribution in [1.29, 1.82) is 0.594 Å². The summed E-state index contributed by atoms with van der Waals surface area (Å²) in [6.07, 6.45) is 6.76. The number of rotatable bonds is 5. The fourth-order valence-electron chi connectivity index (χ4n) is 4.70. The third kappa shape index (κ3) is 12.6. The molecule has 0 heterocycles. The van der Waals surface area contributed by atoms with Gasteiger partial charge in [0.05, 0.1) is 0 Å². The van der Waals surface area contributed by atoms with Crippen LogP contribution in [0.25, 0.3) is 0 Å². The molecule has 0 spiro atoms. The van der Waals surface area contributed by atoms with Gasteiger partial charge in [0.15, 0.2) is 0 Å². The van der Waals surface area contributed by atoms with E-state index in [1.165, 1.54) is 43.2 Å². The molecule has 37 heavy (non-hydrogen) atoms. The molecule has 0 N–H and O–H groups in total. The van der Waals surface area contributed by atoms with Crippen LogP contribution in [0, 0.1) is 11.8 Å². The second-order valence-electron chi connectivity index (χ2n) is 9.50. The molecular formula is C30H44IO6-. The Balaban J connectivity index is 0.000000420. The molecule has 0 aromatic heterocycles. The molecule has 3 rings (SSSR count). The summed E-state index contributed by atoms with van der Waals surface area (Å²) in [6.45, 7) is 8.00. The quantitative estimate of drug-likeness (QED) is 0.462. The first-order valence-corrected chi connectivity index (χ1v) is 15.2. The van der Waals surface area contributed by atoms with Gasteiger partial charge >= 0.3 is 83.7 Å². The second-order valence-corrected chi connectivity index (χ2v) is 11.9. The zero-order valence-corrected chi connectivity index (χ0v) is 24.1. The molecule has 0 aliphatic heterocycles. The summed E-state index contributed by atoms with van der Waals surface area (Å²) in [5.74, 6) is 0.483. The van der Waals surface area contributed by atoms with Crippen molar-refractivity contribution in [2.45, 2.75) is 86.0 Å². The molecule has 0 saturated heterocycles. The van der Waals surface area contributed by atoms with Gasteiger partial charge < -0.3 is 0 Å². The van der Waals surface area contributed by atoms with Crippen molar-refractivity contribution < 1.29 is 44.4 Å². The van der Waals surface area contributed by atoms with E-state index in [1.807, 2.05) is 0 Å². The van der Waals surface area contributed by atoms with E-state index in [-0.39, 0.29) is 7.43 Å². The van der Waals surface area contributed by atoms with Gasteiger partial charge in [-0.3, -0.25) is 0 Å². The van der Waals surface area contributed by atoms with Crippen molar-refractivity contribution in [3.05, 3.63) is 71.8 Å². The Kier molecular flexibility index (Phi) is 14.3. The fraction of sp³-hybridized carbons (Fsp3) is 0.500. The fourth-order valence-corrected chi connectivity index (χ4v) is 6.49. The van der Waals surface area contributed by atoms with Crippen LogP contribution in [0.5, 0.6) is 0 Å². The van der Waals surface area contributed by atoms with E-state index < -0.39 is 38.8 Å². The van der Waals surface area contributed by atoms with Crippen molar-refractivity contribution in [3.63, 3.8) is 0 Å². The molecule has 7 heteroatoms. The topological polar surface area (TPSA) is 78.9 Å². The van der Waals surface area contributed by atoms with Crippen molar-refractivity contribution in [1.82, 2.24) is 0 Å². The predicted octanol–water partition coefficient (Wildman–Crippen LogP) is 4.20. The van der Waals surface area contributed by atoms with Crippen LogP contribution in [-0.2, 0) is 23.6 Å². The molecule has 1 saturated carbocycles. The molecule has 6 nitrogen and oxygen atoms in total. The number of hydrogen-bond acceptors (Lipinski definition) is 6. The Hall–Kier alpha value is -2.42. The third-order valence-electron chi connectivity index (χ3n) is 6.28. The van der Waals surface area contributed by atoms with Crippen molar-refractivity contribution in [2.75, 3.05) is 0 Å². The molecule has 208 valence electrons. The summed E-state index contributed by atoms with van der Waals surface area (Å²) in [5, 5.41) is 0. The Bertz CT molecular complexity index is 960. The van der Waals surface area contributed by atoms with E-state index in [0.717, 1.165) is 32.6 Å². The van der Waals surface area contributed by atoms with E-state index in [4.69, 9.17) is 0.594 Å². The summed E-state index contributed by atoms with van der Waals surface area (Å²) in [4.78, 5) is 31.6. The van der Waals surface area contributed by atoms with Gasteiger partial charge in [-0.05, 0) is 47.6 Å². The van der Waals surface area contributed by atoms with E-state index in [0.29, 0.717) is 11.8 Å². The van der Waals surface area contributed by atoms with Gasteiger partial charge in [-0.2, -0.15) is 0 Å². The molecule has 2 aromatic carbocycles. The zero-order chi connectivity index (χ0) is 27.4. The van der Waals surface area contributed by atoms with Gasteiger partial charge in [-0.15, -0.1) is 0 Å². The third-order valence-corrected chi connectivity index (χ3v) is 9.22. The minimum absolute atomic E-state index is 0. The number of carbonyl (C=O) groups excluding carboxylic acids is 3. The molecule has 4 atom stereocenters. The molecule has 1 aliphatic carbocycles. The van der Waals surface area contributed by atoms with Gasteiger partial charge in [0.2, 0.25) is 0 Å². The first kappa shape index (κ1) is 30.8. The summed E-state index contributed by atoms with van der Waals surface area (Å²) >= 11 is -4.68. The number of benzene rings is 2. The van der Waals surface area contributed by atoms with E-state index >= 15 is 0 Å². The average molecular weight is 630 g/mol. The zero-order valence-electron chi connectivity index (χ0n) is 22.9. The summed E-state index contributed by atoms with van der Waals surface area (Å²) in [5.41, 5.74) is 3.07. The van der Waals surface area contributed by atoms with Crippen LogP contribution in [0.2, 0.25) is 0 Å². The molecule has 0 radical (unpaired) electrons. The van der Waals surface area contributed by atoms with Gasteiger partial charge in [0.25, 0.3) is 0 Å². The van der Waals surface area contributed by atoms with Crippen LogP contribution >= 0.6 is 0 Å². The van der Waals surface area contributed by atoms with Crippen molar-refractivity contribution in [2.24, 2.45) is 11.8 Å². The molecule has 4 unspecified atom stereocenters. The van der Waals surface area contributed by atoms with Crippen LogP contribution in [0.3, 0.4) is 0 Å². The molecular weight excluding hydrogens is 583 g/mol.